The zero-order valence-electron chi connectivity index (χ0n) is 20.8. The Morgan fingerprint density at radius 2 is 1.84 bits per heavy atom. The first kappa shape index (κ1) is 28.8. The van der Waals surface area contributed by atoms with Gasteiger partial charge in [-0.2, -0.15) is 13.2 Å². The maximum Gasteiger partial charge on any atom is 0.492 e. The minimum Gasteiger partial charge on any atom is -0.363 e. The van der Waals surface area contributed by atoms with Crippen molar-refractivity contribution in [3.63, 3.8) is 0 Å². The number of fused-ring (bicyclic) bond motifs is 1. The van der Waals surface area contributed by atoms with Gasteiger partial charge in [-0.3, -0.25) is 14.4 Å². The third kappa shape index (κ3) is 7.16. The average molecular weight is 545 g/mol. The summed E-state index contributed by atoms with van der Waals surface area (Å²) in [5, 5.41) is 5.59. The van der Waals surface area contributed by atoms with Gasteiger partial charge in [-0.15, -0.1) is 17.2 Å². The van der Waals surface area contributed by atoms with E-state index in [0.29, 0.717) is 5.75 Å². The van der Waals surface area contributed by atoms with Gasteiger partial charge in [0.1, 0.15) is 18.1 Å². The Bertz CT molecular complexity index is 1020. The number of rotatable bonds is 8. The van der Waals surface area contributed by atoms with Crippen molar-refractivity contribution in [2.45, 2.75) is 70.4 Å². The summed E-state index contributed by atoms with van der Waals surface area (Å²) >= 11 is 1.42. The molecule has 1 aliphatic carbocycles. The summed E-state index contributed by atoms with van der Waals surface area (Å²) in [6, 6.07) is 4.66. The van der Waals surface area contributed by atoms with Crippen LogP contribution in [-0.4, -0.2) is 64.5 Å². The predicted molar refractivity (Wildman–Crippen MR) is 130 cm³/mol. The fraction of sp³-hybridized carbons (Fsp3) is 0.583. The highest BCUT2D eigenvalue weighted by molar-refractivity contribution is 7.99. The standard InChI is InChI=1S/C24H31F3N4O5S/c1-13(2)19(29-20(32)14(3)30-36-23(35)24(25,26)27)22(34)31-12-37-11-18(31)21(33)28-17-10-6-8-15-7-4-5-9-16(15)17/h4-5,7,9,13-14,17-19,30H,6,8,10-12H2,1-3H3,(H,28,33)(H,29,32)/t14-,17+,18-,19-/m0/s1. The normalized spacial score (nSPS) is 21.1. The van der Waals surface area contributed by atoms with Crippen LogP contribution in [0.5, 0.6) is 0 Å². The van der Waals surface area contributed by atoms with Gasteiger partial charge in [0, 0.05) is 5.75 Å². The lowest BCUT2D eigenvalue weighted by atomic mass is 9.87. The van der Waals surface area contributed by atoms with Crippen molar-refractivity contribution >= 4 is 35.5 Å². The molecule has 1 aliphatic heterocycles. The molecule has 204 valence electrons. The zero-order chi connectivity index (χ0) is 27.3. The minimum absolute atomic E-state index is 0.146. The fourth-order valence-corrected chi connectivity index (χ4v) is 5.44. The van der Waals surface area contributed by atoms with Gasteiger partial charge in [0.05, 0.1) is 11.9 Å². The number of carbonyl (C=O) groups is 4. The largest absolute Gasteiger partial charge is 0.492 e. The molecule has 4 atom stereocenters. The average Bonchev–Trinajstić information content (AvgIpc) is 3.34. The molecule has 9 nitrogen and oxygen atoms in total. The molecule has 0 saturated carbocycles. The Morgan fingerprint density at radius 3 is 2.51 bits per heavy atom. The van der Waals surface area contributed by atoms with E-state index in [4.69, 9.17) is 0 Å². The first-order chi connectivity index (χ1) is 17.4. The Balaban J connectivity index is 1.63. The zero-order valence-corrected chi connectivity index (χ0v) is 21.6. The predicted octanol–water partition coefficient (Wildman–Crippen LogP) is 2.22. The Kier molecular flexibility index (Phi) is 9.46. The molecule has 37 heavy (non-hydrogen) atoms. The number of nitrogens with zero attached hydrogens (tertiary/aromatic N) is 1. The third-order valence-electron chi connectivity index (χ3n) is 6.34. The summed E-state index contributed by atoms with van der Waals surface area (Å²) < 4.78 is 37.0. The van der Waals surface area contributed by atoms with E-state index in [1.807, 2.05) is 24.3 Å². The second kappa shape index (κ2) is 12.2. The first-order valence-electron chi connectivity index (χ1n) is 12.0. The molecule has 1 saturated heterocycles. The summed E-state index contributed by atoms with van der Waals surface area (Å²) in [7, 11) is 0. The number of hydrogen-bond donors (Lipinski definition) is 3. The molecule has 0 radical (unpaired) electrons. The van der Waals surface area contributed by atoms with Crippen LogP contribution >= 0.6 is 11.8 Å². The summed E-state index contributed by atoms with van der Waals surface area (Å²) in [6.07, 6.45) is -2.53. The summed E-state index contributed by atoms with van der Waals surface area (Å²) in [6.45, 7) is 4.58. The van der Waals surface area contributed by atoms with Crippen LogP contribution in [0.2, 0.25) is 0 Å². The molecule has 0 bridgehead atoms. The van der Waals surface area contributed by atoms with Crippen molar-refractivity contribution in [3.8, 4) is 0 Å². The molecule has 1 fully saturated rings. The maximum absolute atomic E-state index is 13.4. The minimum atomic E-state index is -5.22. The van der Waals surface area contributed by atoms with Gasteiger partial charge >= 0.3 is 12.1 Å². The molecule has 3 amide bonds. The lowest BCUT2D eigenvalue weighted by Gasteiger charge is -2.32. The van der Waals surface area contributed by atoms with E-state index in [-0.39, 0.29) is 23.7 Å². The van der Waals surface area contributed by atoms with Crippen LogP contribution in [0.25, 0.3) is 0 Å². The summed E-state index contributed by atoms with van der Waals surface area (Å²) in [5.41, 5.74) is 4.02. The van der Waals surface area contributed by atoms with E-state index in [9.17, 15) is 32.3 Å². The molecule has 1 aromatic carbocycles. The van der Waals surface area contributed by atoms with Crippen LogP contribution in [0.15, 0.2) is 24.3 Å². The van der Waals surface area contributed by atoms with Crippen LogP contribution in [0.3, 0.4) is 0 Å². The SMILES string of the molecule is CC(C)[C@H](NC(=O)[C@H](C)NOC(=O)C(F)(F)F)C(=O)N1CSC[C@H]1C(=O)N[C@@H]1CCCc2ccccc21. The number of nitrogens with one attached hydrogen (secondary N) is 3. The van der Waals surface area contributed by atoms with Crippen molar-refractivity contribution in [2.75, 3.05) is 11.6 Å². The monoisotopic (exact) mass is 544 g/mol. The van der Waals surface area contributed by atoms with E-state index in [1.54, 1.807) is 19.3 Å². The number of amides is 3. The molecule has 1 aromatic rings. The highest BCUT2D eigenvalue weighted by Crippen LogP contribution is 2.30. The van der Waals surface area contributed by atoms with Crippen molar-refractivity contribution < 1.29 is 37.2 Å². The van der Waals surface area contributed by atoms with Crippen molar-refractivity contribution in [1.82, 2.24) is 21.0 Å². The van der Waals surface area contributed by atoms with E-state index >= 15 is 0 Å². The summed E-state index contributed by atoms with van der Waals surface area (Å²) in [5.74, 6) is -3.81. The van der Waals surface area contributed by atoms with Gasteiger partial charge in [0.15, 0.2) is 0 Å². The van der Waals surface area contributed by atoms with E-state index in [2.05, 4.69) is 15.5 Å². The number of carbonyl (C=O) groups excluding carboxylic acids is 4. The smallest absolute Gasteiger partial charge is 0.363 e. The van der Waals surface area contributed by atoms with Gasteiger partial charge in [-0.05, 0) is 43.2 Å². The van der Waals surface area contributed by atoms with Crippen molar-refractivity contribution in [3.05, 3.63) is 35.4 Å². The molecule has 0 unspecified atom stereocenters. The Hall–Kier alpha value is -2.80. The molecule has 2 aliphatic rings. The summed E-state index contributed by atoms with van der Waals surface area (Å²) in [4.78, 5) is 55.4. The molecule has 3 N–H and O–H groups in total. The molecular formula is C24H31F3N4O5S. The van der Waals surface area contributed by atoms with Gasteiger partial charge in [0.2, 0.25) is 17.7 Å². The van der Waals surface area contributed by atoms with Crippen LogP contribution in [-0.2, 0) is 30.4 Å². The van der Waals surface area contributed by atoms with Crippen LogP contribution < -0.4 is 16.1 Å². The highest BCUT2D eigenvalue weighted by Gasteiger charge is 2.43. The molecule has 13 heteroatoms. The van der Waals surface area contributed by atoms with Crippen molar-refractivity contribution in [2.24, 2.45) is 5.92 Å². The number of hydroxylamine groups is 1. The molecule has 0 spiro atoms. The fourth-order valence-electron chi connectivity index (χ4n) is 4.27. The van der Waals surface area contributed by atoms with Crippen molar-refractivity contribution in [1.29, 1.82) is 0 Å². The number of halogens is 3. The molecule has 3 rings (SSSR count). The second-order valence-electron chi connectivity index (χ2n) is 9.43. The van der Waals surface area contributed by atoms with Crippen LogP contribution in [0.4, 0.5) is 13.2 Å². The number of hydrogen-bond acceptors (Lipinski definition) is 7. The lowest BCUT2D eigenvalue weighted by Crippen LogP contribution is -2.58. The second-order valence-corrected chi connectivity index (χ2v) is 10.4. The lowest BCUT2D eigenvalue weighted by molar-refractivity contribution is -0.208. The Labute approximate surface area is 217 Å². The van der Waals surface area contributed by atoms with E-state index < -0.39 is 42.1 Å². The number of benzene rings is 1. The number of thioether (sulfide) groups is 1. The Morgan fingerprint density at radius 1 is 1.14 bits per heavy atom. The third-order valence-corrected chi connectivity index (χ3v) is 7.35. The van der Waals surface area contributed by atoms with E-state index in [1.165, 1.54) is 29.1 Å². The van der Waals surface area contributed by atoms with Gasteiger partial charge in [-0.25, -0.2) is 4.79 Å². The molecular weight excluding hydrogens is 513 g/mol. The van der Waals surface area contributed by atoms with Gasteiger partial charge in [0.25, 0.3) is 0 Å². The topological polar surface area (TPSA) is 117 Å². The highest BCUT2D eigenvalue weighted by atomic mass is 32.2. The maximum atomic E-state index is 13.4. The quantitative estimate of drug-likeness (QED) is 0.430. The number of alkyl halides is 3. The first-order valence-corrected chi connectivity index (χ1v) is 13.2. The van der Waals surface area contributed by atoms with Gasteiger partial charge in [-0.1, -0.05) is 38.1 Å². The van der Waals surface area contributed by atoms with Crippen LogP contribution in [0, 0.1) is 5.92 Å². The molecule has 0 aromatic heterocycles. The number of aryl methyl sites for hydroxylation is 1. The molecule has 1 heterocycles. The van der Waals surface area contributed by atoms with E-state index in [0.717, 1.165) is 24.8 Å². The van der Waals surface area contributed by atoms with Crippen LogP contribution in [0.1, 0.15) is 50.8 Å². The van der Waals surface area contributed by atoms with Gasteiger partial charge < -0.3 is 20.4 Å².